The summed E-state index contributed by atoms with van der Waals surface area (Å²) < 4.78 is 0. The van der Waals surface area contributed by atoms with Crippen molar-refractivity contribution in [3.63, 3.8) is 0 Å². The van der Waals surface area contributed by atoms with Crippen LogP contribution in [0.2, 0.25) is 0 Å². The number of nitrogens with zero attached hydrogens (tertiary/aromatic N) is 3. The SMILES string of the molecule is N/C(=N/OCC(Cl)CN1CCCCC1)c1cccnc1. The zero-order valence-corrected chi connectivity index (χ0v) is 12.3. The topological polar surface area (TPSA) is 63.7 Å². The van der Waals surface area contributed by atoms with Crippen LogP contribution in [0.1, 0.15) is 24.8 Å². The van der Waals surface area contributed by atoms with Gasteiger partial charge in [0.15, 0.2) is 5.84 Å². The minimum Gasteiger partial charge on any atom is -0.392 e. The molecule has 0 aromatic carbocycles. The lowest BCUT2D eigenvalue weighted by atomic mass is 10.1. The highest BCUT2D eigenvalue weighted by Crippen LogP contribution is 2.11. The normalized spacial score (nSPS) is 18.8. The molecular weight excluding hydrogens is 276 g/mol. The maximum atomic E-state index is 6.25. The van der Waals surface area contributed by atoms with Gasteiger partial charge in [0.25, 0.3) is 0 Å². The molecule has 110 valence electrons. The van der Waals surface area contributed by atoms with Crippen molar-refractivity contribution in [1.82, 2.24) is 9.88 Å². The number of piperidine rings is 1. The van der Waals surface area contributed by atoms with Gasteiger partial charge in [-0.05, 0) is 38.1 Å². The molecule has 2 heterocycles. The first-order valence-electron chi connectivity index (χ1n) is 6.98. The number of aromatic nitrogens is 1. The van der Waals surface area contributed by atoms with Crippen molar-refractivity contribution in [1.29, 1.82) is 0 Å². The molecule has 1 atom stereocenters. The molecule has 5 nitrogen and oxygen atoms in total. The van der Waals surface area contributed by atoms with E-state index in [4.69, 9.17) is 22.2 Å². The summed E-state index contributed by atoms with van der Waals surface area (Å²) in [7, 11) is 0. The third-order valence-corrected chi connectivity index (χ3v) is 3.54. The number of oxime groups is 1. The number of likely N-dealkylation sites (tertiary alicyclic amines) is 1. The van der Waals surface area contributed by atoms with E-state index in [1.165, 1.54) is 19.3 Å². The van der Waals surface area contributed by atoms with Crippen LogP contribution < -0.4 is 5.73 Å². The van der Waals surface area contributed by atoms with E-state index in [2.05, 4.69) is 15.0 Å². The minimum atomic E-state index is -0.0708. The predicted octanol–water partition coefficient (Wildman–Crippen LogP) is 1.81. The van der Waals surface area contributed by atoms with Crippen LogP contribution in [0, 0.1) is 0 Å². The molecule has 0 amide bonds. The molecule has 1 saturated heterocycles. The summed E-state index contributed by atoms with van der Waals surface area (Å²) >= 11 is 6.25. The van der Waals surface area contributed by atoms with E-state index >= 15 is 0 Å². The summed E-state index contributed by atoms with van der Waals surface area (Å²) in [6, 6.07) is 3.64. The smallest absolute Gasteiger partial charge is 0.171 e. The maximum absolute atomic E-state index is 6.25. The molecule has 0 spiro atoms. The molecule has 1 unspecified atom stereocenters. The second-order valence-corrected chi connectivity index (χ2v) is 5.59. The number of nitrogens with two attached hydrogens (primary N) is 1. The van der Waals surface area contributed by atoms with E-state index in [-0.39, 0.29) is 5.38 Å². The fraction of sp³-hybridized carbons (Fsp3) is 0.571. The summed E-state index contributed by atoms with van der Waals surface area (Å²) in [4.78, 5) is 11.6. The van der Waals surface area contributed by atoms with Crippen molar-refractivity contribution >= 4 is 17.4 Å². The highest BCUT2D eigenvalue weighted by Gasteiger charge is 2.15. The van der Waals surface area contributed by atoms with Gasteiger partial charge in [0, 0.05) is 24.5 Å². The van der Waals surface area contributed by atoms with Crippen LogP contribution in [0.25, 0.3) is 0 Å². The van der Waals surface area contributed by atoms with Crippen molar-refractivity contribution in [2.75, 3.05) is 26.2 Å². The molecule has 2 rings (SSSR count). The molecule has 2 N–H and O–H groups in total. The average molecular weight is 297 g/mol. The maximum Gasteiger partial charge on any atom is 0.171 e. The average Bonchev–Trinajstić information content (AvgIpc) is 2.49. The van der Waals surface area contributed by atoms with Crippen molar-refractivity contribution in [3.05, 3.63) is 30.1 Å². The summed E-state index contributed by atoms with van der Waals surface area (Å²) in [6.07, 6.45) is 7.18. The Morgan fingerprint density at radius 1 is 1.45 bits per heavy atom. The van der Waals surface area contributed by atoms with Crippen LogP contribution in [0.5, 0.6) is 0 Å². The van der Waals surface area contributed by atoms with Gasteiger partial charge in [-0.3, -0.25) is 4.98 Å². The molecular formula is C14H21ClN4O. The summed E-state index contributed by atoms with van der Waals surface area (Å²) in [6.45, 7) is 3.46. The molecule has 0 bridgehead atoms. The number of amidine groups is 1. The molecule has 0 saturated carbocycles. The molecule has 0 aliphatic carbocycles. The van der Waals surface area contributed by atoms with Gasteiger partial charge in [0.2, 0.25) is 0 Å². The third-order valence-electron chi connectivity index (χ3n) is 3.28. The van der Waals surface area contributed by atoms with Gasteiger partial charge in [-0.15, -0.1) is 11.6 Å². The summed E-state index contributed by atoms with van der Waals surface area (Å²) in [5.41, 5.74) is 6.54. The van der Waals surface area contributed by atoms with Gasteiger partial charge in [-0.1, -0.05) is 11.6 Å². The van der Waals surface area contributed by atoms with E-state index in [1.807, 2.05) is 6.07 Å². The Hall–Kier alpha value is -1.33. The van der Waals surface area contributed by atoms with Gasteiger partial charge < -0.3 is 15.5 Å². The Balaban J connectivity index is 1.71. The van der Waals surface area contributed by atoms with Crippen LogP contribution in [-0.2, 0) is 4.84 Å². The van der Waals surface area contributed by atoms with Gasteiger partial charge >= 0.3 is 0 Å². The van der Waals surface area contributed by atoms with Crippen molar-refractivity contribution in [3.8, 4) is 0 Å². The fourth-order valence-corrected chi connectivity index (χ4v) is 2.48. The molecule has 6 heteroatoms. The Bertz CT molecular complexity index is 420. The minimum absolute atomic E-state index is 0.0708. The van der Waals surface area contributed by atoms with Gasteiger partial charge in [-0.2, -0.15) is 0 Å². The Kier molecular flexibility index (Phi) is 6.08. The van der Waals surface area contributed by atoms with Crippen LogP contribution in [0.3, 0.4) is 0 Å². The zero-order chi connectivity index (χ0) is 14.2. The van der Waals surface area contributed by atoms with E-state index in [1.54, 1.807) is 18.5 Å². The van der Waals surface area contributed by atoms with E-state index in [9.17, 15) is 0 Å². The van der Waals surface area contributed by atoms with Gasteiger partial charge in [0.05, 0.1) is 5.38 Å². The second-order valence-electron chi connectivity index (χ2n) is 4.97. The third kappa shape index (κ3) is 4.98. The highest BCUT2D eigenvalue weighted by molar-refractivity contribution is 6.20. The van der Waals surface area contributed by atoms with E-state index in [0.717, 1.165) is 25.2 Å². The molecule has 1 fully saturated rings. The van der Waals surface area contributed by atoms with Crippen molar-refractivity contribution < 1.29 is 4.84 Å². The lowest BCUT2D eigenvalue weighted by Crippen LogP contribution is -2.36. The van der Waals surface area contributed by atoms with Crippen LogP contribution >= 0.6 is 11.6 Å². The predicted molar refractivity (Wildman–Crippen MR) is 80.8 cm³/mol. The Labute approximate surface area is 124 Å². The first kappa shape index (κ1) is 15.1. The molecule has 1 aromatic heterocycles. The Morgan fingerprint density at radius 3 is 2.95 bits per heavy atom. The molecule has 1 aliphatic heterocycles. The lowest BCUT2D eigenvalue weighted by Gasteiger charge is -2.27. The van der Waals surface area contributed by atoms with E-state index in [0.29, 0.717) is 12.4 Å². The highest BCUT2D eigenvalue weighted by atomic mass is 35.5. The molecule has 0 radical (unpaired) electrons. The van der Waals surface area contributed by atoms with Gasteiger partial charge in [-0.25, -0.2) is 0 Å². The standard InChI is InChI=1S/C14H21ClN4O/c15-13(10-19-7-2-1-3-8-19)11-20-18-14(16)12-5-4-6-17-9-12/h4-6,9,13H,1-3,7-8,10-11H2,(H2,16,18). The van der Waals surface area contributed by atoms with E-state index < -0.39 is 0 Å². The summed E-state index contributed by atoms with van der Waals surface area (Å²) in [5, 5.41) is 3.81. The number of halogens is 1. The number of hydrogen-bond donors (Lipinski definition) is 1. The number of pyridine rings is 1. The second kappa shape index (κ2) is 8.07. The van der Waals surface area contributed by atoms with Crippen LogP contribution in [0.15, 0.2) is 29.7 Å². The number of hydrogen-bond acceptors (Lipinski definition) is 4. The van der Waals surface area contributed by atoms with Crippen molar-refractivity contribution in [2.24, 2.45) is 10.9 Å². The van der Waals surface area contributed by atoms with Crippen LogP contribution in [0.4, 0.5) is 0 Å². The lowest BCUT2D eigenvalue weighted by molar-refractivity contribution is 0.127. The largest absolute Gasteiger partial charge is 0.392 e. The van der Waals surface area contributed by atoms with Crippen molar-refractivity contribution in [2.45, 2.75) is 24.6 Å². The molecule has 1 aliphatic rings. The quantitative estimate of drug-likeness (QED) is 0.376. The van der Waals surface area contributed by atoms with Gasteiger partial charge in [0.1, 0.15) is 6.61 Å². The first-order valence-corrected chi connectivity index (χ1v) is 7.41. The number of alkyl halides is 1. The van der Waals surface area contributed by atoms with Crippen LogP contribution in [-0.4, -0.2) is 47.3 Å². The monoisotopic (exact) mass is 296 g/mol. The molecule has 20 heavy (non-hydrogen) atoms. The number of rotatable bonds is 6. The zero-order valence-electron chi connectivity index (χ0n) is 11.5. The first-order chi connectivity index (χ1) is 9.75. The molecule has 1 aromatic rings. The summed E-state index contributed by atoms with van der Waals surface area (Å²) in [5.74, 6) is 0.319. The fourth-order valence-electron chi connectivity index (χ4n) is 2.23. The Morgan fingerprint density at radius 2 is 2.25 bits per heavy atom.